The highest BCUT2D eigenvalue weighted by Gasteiger charge is 2.59. The topological polar surface area (TPSA) is 61.9 Å². The molecule has 1 atom stereocenters. The predicted molar refractivity (Wildman–Crippen MR) is 132 cm³/mol. The van der Waals surface area contributed by atoms with E-state index in [0.29, 0.717) is 35.0 Å². The van der Waals surface area contributed by atoms with Crippen LogP contribution in [0.3, 0.4) is 0 Å². The highest BCUT2D eigenvalue weighted by atomic mass is 32.2. The fourth-order valence-corrected chi connectivity index (χ4v) is 6.04. The Kier molecular flexibility index (Phi) is 5.88. The number of methoxy groups -OCH3 is 1. The summed E-state index contributed by atoms with van der Waals surface area (Å²) in [4.78, 5) is 29.0. The smallest absolute Gasteiger partial charge is 0.323 e. The first-order valence-corrected chi connectivity index (χ1v) is 12.1. The maximum Gasteiger partial charge on any atom is 0.323 e. The van der Waals surface area contributed by atoms with Crippen molar-refractivity contribution in [2.45, 2.75) is 18.3 Å². The van der Waals surface area contributed by atoms with Gasteiger partial charge in [-0.2, -0.15) is 0 Å². The van der Waals surface area contributed by atoms with E-state index in [1.165, 1.54) is 39.8 Å². The number of benzene rings is 3. The van der Waals surface area contributed by atoms with Gasteiger partial charge < -0.3 is 15.0 Å². The zero-order valence-electron chi connectivity index (χ0n) is 19.2. The van der Waals surface area contributed by atoms with Gasteiger partial charge in [0.1, 0.15) is 17.4 Å². The molecule has 0 unspecified atom stereocenters. The lowest BCUT2D eigenvalue weighted by Gasteiger charge is -2.33. The number of hydrogen-bond acceptors (Lipinski definition) is 4. The summed E-state index contributed by atoms with van der Waals surface area (Å²) < 4.78 is 34.1. The third kappa shape index (κ3) is 3.80. The Morgan fingerprint density at radius 3 is 2.51 bits per heavy atom. The molecule has 0 saturated carbocycles. The van der Waals surface area contributed by atoms with Gasteiger partial charge in [0.2, 0.25) is 0 Å². The molecule has 1 N–H and O–H groups in total. The van der Waals surface area contributed by atoms with Crippen molar-refractivity contribution in [1.82, 2.24) is 4.90 Å². The van der Waals surface area contributed by atoms with E-state index in [1.807, 2.05) is 19.1 Å². The maximum atomic E-state index is 14.5. The van der Waals surface area contributed by atoms with Crippen LogP contribution in [0.5, 0.6) is 5.75 Å². The summed E-state index contributed by atoms with van der Waals surface area (Å²) in [6.45, 7) is 1.97. The summed E-state index contributed by atoms with van der Waals surface area (Å²) in [5.41, 5.74) is 2.47. The van der Waals surface area contributed by atoms with Crippen molar-refractivity contribution in [3.8, 4) is 5.75 Å². The number of ether oxygens (including phenoxy) is 1. The van der Waals surface area contributed by atoms with Gasteiger partial charge >= 0.3 is 6.03 Å². The molecule has 0 aliphatic carbocycles. The molecule has 180 valence electrons. The van der Waals surface area contributed by atoms with Crippen LogP contribution in [0.2, 0.25) is 0 Å². The number of carbonyl (C=O) groups is 2. The van der Waals surface area contributed by atoms with Gasteiger partial charge in [0, 0.05) is 29.1 Å². The van der Waals surface area contributed by atoms with Crippen LogP contribution < -0.4 is 15.0 Å². The van der Waals surface area contributed by atoms with Crippen LogP contribution in [0, 0.1) is 18.6 Å². The summed E-state index contributed by atoms with van der Waals surface area (Å²) in [5.74, 6) is -0.645. The number of aryl methyl sites for hydroxylation is 1. The molecule has 35 heavy (non-hydrogen) atoms. The van der Waals surface area contributed by atoms with Crippen LogP contribution in [0.1, 0.15) is 16.7 Å². The minimum atomic E-state index is -1.32. The first kappa shape index (κ1) is 23.2. The number of nitrogens with zero attached hydrogens (tertiary/aromatic N) is 2. The third-order valence-electron chi connectivity index (χ3n) is 6.31. The number of amides is 3. The molecule has 0 bridgehead atoms. The molecule has 2 aliphatic heterocycles. The van der Waals surface area contributed by atoms with E-state index >= 15 is 0 Å². The number of anilines is 2. The van der Waals surface area contributed by atoms with Crippen LogP contribution in [0.4, 0.5) is 25.0 Å². The third-order valence-corrected chi connectivity index (χ3v) is 7.73. The molecule has 5 rings (SSSR count). The second kappa shape index (κ2) is 8.88. The Labute approximate surface area is 205 Å². The minimum absolute atomic E-state index is 0.193. The molecular formula is C26H23F2N3O3S. The lowest BCUT2D eigenvalue weighted by atomic mass is 10.0. The Hall–Kier alpha value is -3.59. The second-order valence-electron chi connectivity index (χ2n) is 8.41. The summed E-state index contributed by atoms with van der Waals surface area (Å²) >= 11 is 1.35. The highest BCUT2D eigenvalue weighted by Crippen LogP contribution is 2.54. The quantitative estimate of drug-likeness (QED) is 0.536. The fourth-order valence-electron chi connectivity index (χ4n) is 4.59. The average Bonchev–Trinajstić information content (AvgIpc) is 3.39. The predicted octanol–water partition coefficient (Wildman–Crippen LogP) is 5.26. The largest absolute Gasteiger partial charge is 0.497 e. The van der Waals surface area contributed by atoms with Crippen LogP contribution in [0.15, 0.2) is 60.7 Å². The van der Waals surface area contributed by atoms with Crippen molar-refractivity contribution in [3.63, 3.8) is 0 Å². The fraction of sp³-hybridized carbons (Fsp3) is 0.231. The first-order chi connectivity index (χ1) is 16.8. The molecular weight excluding hydrogens is 472 g/mol. The highest BCUT2D eigenvalue weighted by molar-refractivity contribution is 8.01. The summed E-state index contributed by atoms with van der Waals surface area (Å²) in [6.07, 6.45) is 0. The van der Waals surface area contributed by atoms with Gasteiger partial charge in [0.25, 0.3) is 5.91 Å². The molecule has 3 amide bonds. The first-order valence-electron chi connectivity index (χ1n) is 11.1. The van der Waals surface area contributed by atoms with Gasteiger partial charge in [-0.25, -0.2) is 13.6 Å². The van der Waals surface area contributed by atoms with E-state index < -0.39 is 28.4 Å². The molecule has 0 aromatic heterocycles. The number of thioether (sulfide) groups is 1. The number of fused-ring (bicyclic) bond motifs is 2. The summed E-state index contributed by atoms with van der Waals surface area (Å²) in [5, 5.41) is 2.86. The second-order valence-corrected chi connectivity index (χ2v) is 9.70. The van der Waals surface area contributed by atoms with E-state index in [1.54, 1.807) is 37.4 Å². The molecule has 9 heteroatoms. The normalized spacial score (nSPS) is 18.8. The zero-order valence-corrected chi connectivity index (χ0v) is 20.0. The van der Waals surface area contributed by atoms with E-state index in [2.05, 4.69) is 5.32 Å². The van der Waals surface area contributed by atoms with E-state index in [9.17, 15) is 18.4 Å². The minimum Gasteiger partial charge on any atom is -0.497 e. The van der Waals surface area contributed by atoms with Crippen LogP contribution in [0.25, 0.3) is 0 Å². The van der Waals surface area contributed by atoms with Gasteiger partial charge in [0.05, 0.1) is 19.3 Å². The van der Waals surface area contributed by atoms with Gasteiger partial charge in [-0.05, 0) is 49.4 Å². The van der Waals surface area contributed by atoms with Gasteiger partial charge in [-0.3, -0.25) is 9.69 Å². The van der Waals surface area contributed by atoms with E-state index in [-0.39, 0.29) is 12.1 Å². The molecule has 3 aromatic carbocycles. The molecule has 1 saturated heterocycles. The zero-order chi connectivity index (χ0) is 24.7. The number of nitrogens with one attached hydrogen (secondary N) is 1. The Morgan fingerprint density at radius 1 is 1.11 bits per heavy atom. The van der Waals surface area contributed by atoms with E-state index in [4.69, 9.17) is 4.74 Å². The molecule has 2 aliphatic rings. The Bertz CT molecular complexity index is 1300. The standard InChI is InChI=1S/C26H23F2N3O3S/c1-16-6-11-23-20(14-16)26(24(32)30(23)15-19-21(27)4-3-5-22(19)28)31(12-13-35-26)25(33)29-17-7-9-18(34-2)10-8-17/h3-11,14H,12-13,15H2,1-2H3,(H,29,33)/t26-/m1/s1. The van der Waals surface area contributed by atoms with Crippen LogP contribution >= 0.6 is 11.8 Å². The van der Waals surface area contributed by atoms with E-state index in [0.717, 1.165) is 5.56 Å². The number of hydrogen-bond donors (Lipinski definition) is 1. The monoisotopic (exact) mass is 495 g/mol. The van der Waals surface area contributed by atoms with Crippen LogP contribution in [-0.4, -0.2) is 36.2 Å². The molecule has 1 spiro atoms. The lowest BCUT2D eigenvalue weighted by molar-refractivity contribution is -0.123. The van der Waals surface area contributed by atoms with Crippen LogP contribution in [-0.2, 0) is 16.2 Å². The Balaban J connectivity index is 1.52. The average molecular weight is 496 g/mol. The van der Waals surface area contributed by atoms with Crippen molar-refractivity contribution >= 4 is 35.1 Å². The lowest BCUT2D eigenvalue weighted by Crippen LogP contribution is -2.51. The number of halogens is 2. The number of urea groups is 1. The van der Waals surface area contributed by atoms with Crippen molar-refractivity contribution in [1.29, 1.82) is 0 Å². The molecule has 6 nitrogen and oxygen atoms in total. The van der Waals surface area contributed by atoms with Crippen molar-refractivity contribution in [2.24, 2.45) is 0 Å². The Morgan fingerprint density at radius 2 is 1.83 bits per heavy atom. The van der Waals surface area contributed by atoms with Gasteiger partial charge in [-0.15, -0.1) is 11.8 Å². The van der Waals surface area contributed by atoms with Gasteiger partial charge in [-0.1, -0.05) is 23.8 Å². The van der Waals surface area contributed by atoms with Crippen molar-refractivity contribution in [3.05, 3.63) is 89.0 Å². The molecule has 3 aromatic rings. The maximum absolute atomic E-state index is 14.5. The molecule has 2 heterocycles. The SMILES string of the molecule is COc1ccc(NC(=O)N2CCS[C@]23C(=O)N(Cc2c(F)cccc2F)c2ccc(C)cc23)cc1. The number of rotatable bonds is 4. The summed E-state index contributed by atoms with van der Waals surface area (Å²) in [6, 6.07) is 15.6. The van der Waals surface area contributed by atoms with Crippen molar-refractivity contribution in [2.75, 3.05) is 29.6 Å². The number of carbonyl (C=O) groups excluding carboxylic acids is 2. The van der Waals surface area contributed by atoms with Crippen molar-refractivity contribution < 1.29 is 23.1 Å². The van der Waals surface area contributed by atoms with Gasteiger partial charge in [0.15, 0.2) is 4.87 Å². The molecule has 0 radical (unpaired) electrons. The summed E-state index contributed by atoms with van der Waals surface area (Å²) in [7, 11) is 1.56. The molecule has 1 fully saturated rings.